The van der Waals surface area contributed by atoms with Crippen molar-refractivity contribution in [1.29, 1.82) is 0 Å². The third-order valence-corrected chi connectivity index (χ3v) is 7.45. The maximum atomic E-state index is 6.16. The Balaban J connectivity index is 0.00000408. The van der Waals surface area contributed by atoms with Crippen molar-refractivity contribution in [2.75, 3.05) is 26.3 Å². The summed E-state index contributed by atoms with van der Waals surface area (Å²) in [6, 6.07) is 15.0. The minimum atomic E-state index is 0. The van der Waals surface area contributed by atoms with E-state index >= 15 is 0 Å². The smallest absolute Gasteiger partial charge is 0.120 e. The van der Waals surface area contributed by atoms with Crippen LogP contribution in [0.15, 0.2) is 36.4 Å². The summed E-state index contributed by atoms with van der Waals surface area (Å²) in [7, 11) is 0. The van der Waals surface area contributed by atoms with Gasteiger partial charge in [0.2, 0.25) is 0 Å². The number of fused-ring (bicyclic) bond motifs is 3. The van der Waals surface area contributed by atoms with E-state index in [-0.39, 0.29) is 12.4 Å². The molecule has 0 aliphatic rings. The number of halogens is 1. The van der Waals surface area contributed by atoms with Crippen molar-refractivity contribution < 1.29 is 9.47 Å². The Morgan fingerprint density at radius 1 is 0.618 bits per heavy atom. The Kier molecular flexibility index (Phi) is 10.9. The summed E-state index contributed by atoms with van der Waals surface area (Å²) in [6.45, 7) is 21.2. The van der Waals surface area contributed by atoms with Crippen molar-refractivity contribution in [3.8, 4) is 11.5 Å². The summed E-state index contributed by atoms with van der Waals surface area (Å²) in [5.74, 6) is 1.87. The highest BCUT2D eigenvalue weighted by atomic mass is 35.5. The van der Waals surface area contributed by atoms with Crippen LogP contribution in [-0.4, -0.2) is 60.3 Å². The normalized spacial score (nSPS) is 12.2. The van der Waals surface area contributed by atoms with Crippen LogP contribution in [0.2, 0.25) is 0 Å². The van der Waals surface area contributed by atoms with Crippen molar-refractivity contribution in [1.82, 2.24) is 9.80 Å². The molecule has 0 aliphatic carbocycles. The molecule has 0 amide bonds. The molecule has 0 unspecified atom stereocenters. The van der Waals surface area contributed by atoms with Gasteiger partial charge in [-0.3, -0.25) is 9.80 Å². The summed E-state index contributed by atoms with van der Waals surface area (Å²) in [5, 5.41) is 2.49. The first-order valence-corrected chi connectivity index (χ1v) is 13.2. The van der Waals surface area contributed by atoms with Gasteiger partial charge in [0.25, 0.3) is 0 Å². The molecular weight excluding hydrogens is 464 g/mol. The van der Waals surface area contributed by atoms with E-state index in [2.05, 4.69) is 102 Å². The standard InChI is InChI=1S/C28H42N2O2S.ClH/c1-19(2)29(20(3)4)13-15-31-23-9-11-27-25(17-23)26-18-24(10-12-28(26)33-27)32-16-14-30(21(5)6)22(7)8;/h9-12,17-22H,13-16H2,1-8H3;1H. The summed E-state index contributed by atoms with van der Waals surface area (Å²) < 4.78 is 14.9. The summed E-state index contributed by atoms with van der Waals surface area (Å²) >= 11 is 1.82. The van der Waals surface area contributed by atoms with E-state index in [9.17, 15) is 0 Å². The fraction of sp³-hybridized carbons (Fsp3) is 0.571. The van der Waals surface area contributed by atoms with Crippen LogP contribution >= 0.6 is 23.7 Å². The van der Waals surface area contributed by atoms with E-state index in [0.717, 1.165) is 24.6 Å². The summed E-state index contributed by atoms with van der Waals surface area (Å²) in [4.78, 5) is 4.92. The molecule has 0 saturated heterocycles. The van der Waals surface area contributed by atoms with E-state index < -0.39 is 0 Å². The molecule has 0 bridgehead atoms. The lowest BCUT2D eigenvalue weighted by atomic mass is 10.1. The lowest BCUT2D eigenvalue weighted by molar-refractivity contribution is 0.142. The molecule has 2 aromatic carbocycles. The van der Waals surface area contributed by atoms with Gasteiger partial charge in [-0.25, -0.2) is 0 Å². The number of hydrogen-bond acceptors (Lipinski definition) is 5. The molecule has 34 heavy (non-hydrogen) atoms. The van der Waals surface area contributed by atoms with Gasteiger partial charge in [0.15, 0.2) is 0 Å². The maximum Gasteiger partial charge on any atom is 0.120 e. The maximum absolute atomic E-state index is 6.16. The van der Waals surface area contributed by atoms with E-state index in [1.165, 1.54) is 20.2 Å². The van der Waals surface area contributed by atoms with Crippen molar-refractivity contribution in [3.63, 3.8) is 0 Å². The Morgan fingerprint density at radius 2 is 0.971 bits per heavy atom. The second kappa shape index (κ2) is 13.0. The lowest BCUT2D eigenvalue weighted by Gasteiger charge is -2.30. The minimum absolute atomic E-state index is 0. The predicted molar refractivity (Wildman–Crippen MR) is 152 cm³/mol. The first-order chi connectivity index (χ1) is 15.7. The third-order valence-electron chi connectivity index (χ3n) is 6.30. The highest BCUT2D eigenvalue weighted by Crippen LogP contribution is 2.37. The zero-order chi connectivity index (χ0) is 24.1. The molecule has 0 fully saturated rings. The molecule has 0 atom stereocenters. The highest BCUT2D eigenvalue weighted by Gasteiger charge is 2.15. The molecule has 0 saturated carbocycles. The van der Waals surface area contributed by atoms with E-state index in [1.807, 2.05) is 11.3 Å². The van der Waals surface area contributed by atoms with Crippen LogP contribution in [0.5, 0.6) is 11.5 Å². The quantitative estimate of drug-likeness (QED) is 0.254. The second-order valence-corrected chi connectivity index (χ2v) is 11.0. The van der Waals surface area contributed by atoms with Gasteiger partial charge in [-0.2, -0.15) is 0 Å². The molecule has 190 valence electrons. The molecule has 1 heterocycles. The number of thiophene rings is 1. The van der Waals surface area contributed by atoms with E-state index in [0.29, 0.717) is 37.4 Å². The number of hydrogen-bond donors (Lipinski definition) is 0. The average molecular weight is 507 g/mol. The average Bonchev–Trinajstić information content (AvgIpc) is 3.10. The van der Waals surface area contributed by atoms with Crippen LogP contribution in [-0.2, 0) is 0 Å². The molecule has 0 spiro atoms. The van der Waals surface area contributed by atoms with E-state index in [1.54, 1.807) is 0 Å². The van der Waals surface area contributed by atoms with Gasteiger partial charge >= 0.3 is 0 Å². The Morgan fingerprint density at radius 3 is 1.29 bits per heavy atom. The fourth-order valence-electron chi connectivity index (χ4n) is 4.68. The molecule has 6 heteroatoms. The van der Waals surface area contributed by atoms with Gasteiger partial charge in [-0.05, 0) is 91.8 Å². The lowest BCUT2D eigenvalue weighted by Crippen LogP contribution is -2.39. The van der Waals surface area contributed by atoms with Crippen molar-refractivity contribution in [2.45, 2.75) is 79.6 Å². The fourth-order valence-corrected chi connectivity index (χ4v) is 5.75. The van der Waals surface area contributed by atoms with Crippen LogP contribution in [0, 0.1) is 0 Å². The molecule has 0 N–H and O–H groups in total. The number of rotatable bonds is 12. The molecule has 1 aromatic heterocycles. The number of benzene rings is 2. The first-order valence-electron chi connectivity index (χ1n) is 12.4. The summed E-state index contributed by atoms with van der Waals surface area (Å²) in [5.41, 5.74) is 0. The highest BCUT2D eigenvalue weighted by molar-refractivity contribution is 7.25. The third kappa shape index (κ3) is 7.24. The van der Waals surface area contributed by atoms with Crippen molar-refractivity contribution in [3.05, 3.63) is 36.4 Å². The molecule has 3 aromatic rings. The van der Waals surface area contributed by atoms with Gasteiger partial charge in [0.05, 0.1) is 0 Å². The summed E-state index contributed by atoms with van der Waals surface area (Å²) in [6.07, 6.45) is 0. The van der Waals surface area contributed by atoms with Crippen LogP contribution in [0.3, 0.4) is 0 Å². The minimum Gasteiger partial charge on any atom is -0.492 e. The Labute approximate surface area is 216 Å². The predicted octanol–water partition coefficient (Wildman–Crippen LogP) is 7.47. The van der Waals surface area contributed by atoms with Gasteiger partial charge in [-0.1, -0.05) is 0 Å². The van der Waals surface area contributed by atoms with Crippen LogP contribution < -0.4 is 9.47 Å². The van der Waals surface area contributed by atoms with Crippen LogP contribution in [0.1, 0.15) is 55.4 Å². The number of ether oxygens (including phenoxy) is 2. The van der Waals surface area contributed by atoms with Crippen LogP contribution in [0.4, 0.5) is 0 Å². The van der Waals surface area contributed by atoms with Gasteiger partial charge in [-0.15, -0.1) is 23.7 Å². The van der Waals surface area contributed by atoms with Crippen LogP contribution in [0.25, 0.3) is 20.2 Å². The second-order valence-electron chi connectivity index (χ2n) is 9.97. The number of nitrogens with zero attached hydrogens (tertiary/aromatic N) is 2. The van der Waals surface area contributed by atoms with Gasteiger partial charge in [0.1, 0.15) is 24.7 Å². The molecule has 3 rings (SSSR count). The first kappa shape index (κ1) is 28.7. The largest absolute Gasteiger partial charge is 0.492 e. The SMILES string of the molecule is CC(C)N(CCOc1ccc2sc3ccc(OCCN(C(C)C)C(C)C)cc3c2c1)C(C)C.Cl. The van der Waals surface area contributed by atoms with E-state index in [4.69, 9.17) is 9.47 Å². The molecule has 4 nitrogen and oxygen atoms in total. The molecular formula is C28H43ClN2O2S. The topological polar surface area (TPSA) is 24.9 Å². The molecule has 0 radical (unpaired) electrons. The van der Waals surface area contributed by atoms with Gasteiger partial charge < -0.3 is 9.47 Å². The zero-order valence-electron chi connectivity index (χ0n) is 22.1. The van der Waals surface area contributed by atoms with Crippen molar-refractivity contribution in [2.24, 2.45) is 0 Å². The van der Waals surface area contributed by atoms with Crippen molar-refractivity contribution >= 4 is 43.9 Å². The Bertz CT molecular complexity index is 936. The Hall–Kier alpha value is -1.53. The zero-order valence-corrected chi connectivity index (χ0v) is 23.8. The monoisotopic (exact) mass is 506 g/mol. The molecule has 0 aliphatic heterocycles. The van der Waals surface area contributed by atoms with Gasteiger partial charge in [0, 0.05) is 57.4 Å².